The van der Waals surface area contributed by atoms with E-state index in [4.69, 9.17) is 9.84 Å². The lowest BCUT2D eigenvalue weighted by Gasteiger charge is -2.27. The Morgan fingerprint density at radius 2 is 1.76 bits per heavy atom. The Morgan fingerprint density at radius 1 is 1.05 bits per heavy atom. The van der Waals surface area contributed by atoms with Gasteiger partial charge in [-0.15, -0.1) is 0 Å². The van der Waals surface area contributed by atoms with E-state index in [1.54, 1.807) is 6.20 Å². The molecule has 2 aromatic carbocycles. The number of aryl methyl sites for hydroxylation is 2. The van der Waals surface area contributed by atoms with Crippen LogP contribution in [0.3, 0.4) is 0 Å². The van der Waals surface area contributed by atoms with Gasteiger partial charge in [-0.1, -0.05) is 32.0 Å². The van der Waals surface area contributed by atoms with Crippen molar-refractivity contribution in [1.82, 2.24) is 25.1 Å². The number of alkyl halides is 3. The second-order valence-corrected chi connectivity index (χ2v) is 9.91. The molecule has 2 aromatic heterocycles. The molecule has 1 radical (unpaired) electrons. The number of fused-ring (bicyclic) bond motifs is 2. The van der Waals surface area contributed by atoms with Crippen molar-refractivity contribution >= 4 is 17.7 Å². The zero-order chi connectivity index (χ0) is 28.9. The van der Waals surface area contributed by atoms with Crippen molar-refractivity contribution in [3.05, 3.63) is 82.2 Å². The van der Waals surface area contributed by atoms with Gasteiger partial charge in [-0.25, -0.2) is 19.0 Å². The Morgan fingerprint density at radius 3 is 2.39 bits per heavy atom. The van der Waals surface area contributed by atoms with E-state index in [0.29, 0.717) is 35.5 Å². The monoisotopic (exact) mass is 563 g/mol. The van der Waals surface area contributed by atoms with Crippen LogP contribution >= 0.6 is 0 Å². The van der Waals surface area contributed by atoms with Crippen molar-refractivity contribution in [3.8, 4) is 22.7 Å². The number of rotatable bonds is 6. The van der Waals surface area contributed by atoms with Crippen molar-refractivity contribution in [2.24, 2.45) is 0 Å². The van der Waals surface area contributed by atoms with E-state index >= 15 is 4.39 Å². The summed E-state index contributed by atoms with van der Waals surface area (Å²) in [6, 6.07) is 7.61. The van der Waals surface area contributed by atoms with Crippen LogP contribution < -0.4 is 15.0 Å². The highest BCUT2D eigenvalue weighted by molar-refractivity contribution is 5.88. The average Bonchev–Trinajstić information content (AvgIpc) is 3.61. The summed E-state index contributed by atoms with van der Waals surface area (Å²) in [6.07, 6.45) is 2.55. The lowest BCUT2D eigenvalue weighted by atomic mass is 9.95. The molecular formula is C30H27F4N6O. The van der Waals surface area contributed by atoms with Gasteiger partial charge in [0.1, 0.15) is 5.69 Å². The fraction of sp³-hybridized carbons (Fsp3) is 0.300. The third-order valence-corrected chi connectivity index (χ3v) is 7.61. The molecule has 211 valence electrons. The summed E-state index contributed by atoms with van der Waals surface area (Å²) in [6.45, 7) is 4.92. The zero-order valence-electron chi connectivity index (χ0n) is 22.8. The van der Waals surface area contributed by atoms with E-state index in [1.165, 1.54) is 13.2 Å². The lowest BCUT2D eigenvalue weighted by Crippen LogP contribution is -2.31. The van der Waals surface area contributed by atoms with Gasteiger partial charge >= 0.3 is 6.18 Å². The third kappa shape index (κ3) is 4.49. The number of benzene rings is 2. The molecule has 11 heteroatoms. The predicted octanol–water partition coefficient (Wildman–Crippen LogP) is 6.40. The van der Waals surface area contributed by atoms with Crippen molar-refractivity contribution in [1.29, 1.82) is 0 Å². The normalized spacial score (nSPS) is 14.2. The van der Waals surface area contributed by atoms with Crippen LogP contribution in [-0.2, 0) is 32.0 Å². The van der Waals surface area contributed by atoms with E-state index in [2.05, 4.69) is 41.3 Å². The Kier molecular flexibility index (Phi) is 6.67. The first-order chi connectivity index (χ1) is 19.7. The van der Waals surface area contributed by atoms with Crippen LogP contribution in [0.15, 0.2) is 42.9 Å². The molecule has 0 unspecified atom stereocenters. The number of halogens is 4. The molecule has 0 amide bonds. The highest BCUT2D eigenvalue weighted by Gasteiger charge is 2.34. The van der Waals surface area contributed by atoms with E-state index in [0.717, 1.165) is 53.3 Å². The zero-order valence-corrected chi connectivity index (χ0v) is 22.8. The van der Waals surface area contributed by atoms with Gasteiger partial charge in [0.25, 0.3) is 0 Å². The van der Waals surface area contributed by atoms with Crippen LogP contribution in [0, 0.1) is 5.82 Å². The first kappa shape index (κ1) is 26.8. The van der Waals surface area contributed by atoms with Gasteiger partial charge in [0.2, 0.25) is 5.95 Å². The molecule has 0 fully saturated rings. The molecule has 0 bridgehead atoms. The van der Waals surface area contributed by atoms with E-state index in [9.17, 15) is 13.2 Å². The van der Waals surface area contributed by atoms with E-state index < -0.39 is 17.6 Å². The van der Waals surface area contributed by atoms with Crippen molar-refractivity contribution in [2.45, 2.75) is 45.8 Å². The second kappa shape index (κ2) is 10.2. The van der Waals surface area contributed by atoms with Crippen LogP contribution in [0.4, 0.5) is 29.2 Å². The molecule has 0 saturated heterocycles. The minimum absolute atomic E-state index is 0.0664. The maximum Gasteiger partial charge on any atom is 0.419 e. The smallest absolute Gasteiger partial charge is 0.419 e. The second-order valence-electron chi connectivity index (χ2n) is 9.91. The number of ether oxygens (including phenoxy) is 1. The summed E-state index contributed by atoms with van der Waals surface area (Å²) in [4.78, 5) is 9.87. The summed E-state index contributed by atoms with van der Waals surface area (Å²) in [5.74, 6) is -0.295. The van der Waals surface area contributed by atoms with Crippen LogP contribution in [0.5, 0.6) is 5.75 Å². The van der Waals surface area contributed by atoms with Crippen LogP contribution in [0.2, 0.25) is 0 Å². The van der Waals surface area contributed by atoms with Crippen LogP contribution in [0.1, 0.15) is 47.4 Å². The van der Waals surface area contributed by atoms with Crippen molar-refractivity contribution < 1.29 is 22.3 Å². The molecule has 0 aliphatic carbocycles. The Bertz CT molecular complexity index is 1640. The molecule has 41 heavy (non-hydrogen) atoms. The minimum atomic E-state index is -4.52. The number of anilines is 1. The number of nitrogens with zero attached hydrogens (tertiary/aromatic N) is 6. The summed E-state index contributed by atoms with van der Waals surface area (Å²) >= 11 is 0. The van der Waals surface area contributed by atoms with E-state index in [1.807, 2.05) is 21.7 Å². The number of para-hydroxylation sites is 1. The number of methoxy groups -OCH3 is 1. The standard InChI is InChI=1S/C30H27F4N6O/c1-4-17-7-6-8-18(5-2)26(17)40-27(21-13-23(31)28(41-3)25-20(21)9-11-35-25)22-16-39(12-10-24(22)38-40)29-36-14-19(15-37-29)30(32,33)34/h6-9,11,13-15H,4-5,10,12,16H2,1-3H3. The van der Waals surface area contributed by atoms with Crippen LogP contribution in [-0.4, -0.2) is 33.4 Å². The first-order valence-corrected chi connectivity index (χ1v) is 13.4. The minimum Gasteiger partial charge on any atom is -0.491 e. The molecular weight excluding hydrogens is 536 g/mol. The SMILES string of the molecule is CCc1cccc(CC)c1-n1nc2c(c1-c1cc(F)c(OC)c3c1C=C[N]3)CN(c1ncc(C(F)(F)F)cn1)CC2. The number of hydrogen-bond donors (Lipinski definition) is 0. The summed E-state index contributed by atoms with van der Waals surface area (Å²) in [7, 11) is 1.41. The maximum atomic E-state index is 15.5. The topological polar surface area (TPSA) is 70.2 Å². The molecule has 2 aliphatic rings. The molecule has 2 aliphatic heterocycles. The maximum absolute atomic E-state index is 15.5. The first-order valence-electron chi connectivity index (χ1n) is 13.4. The molecule has 0 saturated carbocycles. The van der Waals surface area contributed by atoms with Gasteiger partial charge in [0.05, 0.1) is 29.7 Å². The summed E-state index contributed by atoms with van der Waals surface area (Å²) in [5, 5.41) is 9.46. The molecule has 7 nitrogen and oxygen atoms in total. The fourth-order valence-corrected chi connectivity index (χ4v) is 5.61. The Labute approximate surface area is 234 Å². The quantitative estimate of drug-likeness (QED) is 0.254. The molecule has 0 atom stereocenters. The van der Waals surface area contributed by atoms with Gasteiger partial charge in [-0.3, -0.25) is 5.32 Å². The van der Waals surface area contributed by atoms with Crippen molar-refractivity contribution in [3.63, 3.8) is 0 Å². The van der Waals surface area contributed by atoms with Gasteiger partial charge < -0.3 is 9.64 Å². The summed E-state index contributed by atoms with van der Waals surface area (Å²) < 4.78 is 62.1. The molecule has 6 rings (SSSR count). The van der Waals surface area contributed by atoms with Gasteiger partial charge in [-0.2, -0.15) is 18.3 Å². The lowest BCUT2D eigenvalue weighted by molar-refractivity contribution is -0.138. The Balaban J connectivity index is 1.56. The third-order valence-electron chi connectivity index (χ3n) is 7.61. The van der Waals surface area contributed by atoms with Gasteiger partial charge in [0.15, 0.2) is 11.6 Å². The highest BCUT2D eigenvalue weighted by atomic mass is 19.4. The summed E-state index contributed by atoms with van der Waals surface area (Å²) in [5.41, 5.74) is 6.32. The predicted molar refractivity (Wildman–Crippen MR) is 147 cm³/mol. The molecule has 4 aromatic rings. The Hall–Kier alpha value is -4.41. The molecule has 0 spiro atoms. The molecule has 4 heterocycles. The highest BCUT2D eigenvalue weighted by Crippen LogP contribution is 2.45. The van der Waals surface area contributed by atoms with Crippen LogP contribution in [0.25, 0.3) is 23.0 Å². The number of hydrogen-bond acceptors (Lipinski definition) is 5. The van der Waals surface area contributed by atoms with E-state index in [-0.39, 0.29) is 18.2 Å². The van der Waals surface area contributed by atoms with Gasteiger partial charge in [-0.05, 0) is 36.1 Å². The largest absolute Gasteiger partial charge is 0.491 e. The number of aromatic nitrogens is 4. The van der Waals surface area contributed by atoms with Gasteiger partial charge in [0, 0.05) is 54.8 Å². The molecule has 0 N–H and O–H groups in total. The van der Waals surface area contributed by atoms with Crippen molar-refractivity contribution in [2.75, 3.05) is 18.6 Å². The average molecular weight is 564 g/mol. The fourth-order valence-electron chi connectivity index (χ4n) is 5.61.